The number of aryl methyl sites for hydroxylation is 3. The average Bonchev–Trinajstić information content (AvgIpc) is 3.44. The van der Waals surface area contributed by atoms with Crippen molar-refractivity contribution in [1.29, 1.82) is 0 Å². The molecule has 0 unspecified atom stereocenters. The first kappa shape index (κ1) is 19.8. The molecule has 0 bridgehead atoms. The molecule has 0 radical (unpaired) electrons. The summed E-state index contributed by atoms with van der Waals surface area (Å²) in [5.74, 6) is 0.660. The molecule has 0 amide bonds. The minimum atomic E-state index is -3.58. The fraction of sp³-hybridized carbons (Fsp3) is 0.450. The van der Waals surface area contributed by atoms with Crippen LogP contribution in [0, 0.1) is 0 Å². The van der Waals surface area contributed by atoms with Gasteiger partial charge in [0.2, 0.25) is 10.0 Å². The van der Waals surface area contributed by atoms with Crippen LogP contribution >= 0.6 is 11.8 Å². The lowest BCUT2D eigenvalue weighted by Gasteiger charge is -2.27. The second kappa shape index (κ2) is 7.21. The van der Waals surface area contributed by atoms with E-state index in [4.69, 9.17) is 0 Å². The molecule has 3 aromatic rings. The number of aromatic nitrogens is 5. The molecule has 0 atom stereocenters. The van der Waals surface area contributed by atoms with E-state index in [-0.39, 0.29) is 0 Å². The molecule has 5 rings (SSSR count). The first-order chi connectivity index (χ1) is 14.4. The zero-order valence-corrected chi connectivity index (χ0v) is 18.9. The van der Waals surface area contributed by atoms with E-state index in [0.717, 1.165) is 35.7 Å². The molecule has 158 valence electrons. The summed E-state index contributed by atoms with van der Waals surface area (Å²) in [6.45, 7) is 0.736. The number of benzene rings is 1. The number of rotatable bonds is 4. The molecule has 30 heavy (non-hydrogen) atoms. The van der Waals surface area contributed by atoms with Crippen LogP contribution in [0.25, 0.3) is 11.5 Å². The van der Waals surface area contributed by atoms with Gasteiger partial charge in [0, 0.05) is 44.9 Å². The number of hydrogen-bond acceptors (Lipinski definition) is 6. The van der Waals surface area contributed by atoms with Crippen molar-refractivity contribution in [3.8, 4) is 11.5 Å². The highest BCUT2D eigenvalue weighted by Crippen LogP contribution is 2.33. The highest BCUT2D eigenvalue weighted by molar-refractivity contribution is 7.98. The lowest BCUT2D eigenvalue weighted by molar-refractivity contribution is 0.386. The van der Waals surface area contributed by atoms with Crippen molar-refractivity contribution in [1.82, 2.24) is 28.9 Å². The van der Waals surface area contributed by atoms with Crippen LogP contribution in [0.1, 0.15) is 28.8 Å². The Morgan fingerprint density at radius 2 is 1.87 bits per heavy atom. The quantitative estimate of drug-likeness (QED) is 0.574. The van der Waals surface area contributed by atoms with Crippen molar-refractivity contribution in [2.45, 2.75) is 42.3 Å². The molecule has 0 saturated carbocycles. The third-order valence-corrected chi connectivity index (χ3v) is 8.71. The largest absolute Gasteiger partial charge is 0.304 e. The van der Waals surface area contributed by atoms with Gasteiger partial charge >= 0.3 is 0 Å². The number of fused-ring (bicyclic) bond motifs is 2. The summed E-state index contributed by atoms with van der Waals surface area (Å²) in [7, 11) is 0.232. The Morgan fingerprint density at radius 3 is 2.63 bits per heavy atom. The SMILES string of the molecule is CSc1nnc(-c2nn(C)c3c2CN(S(=O)(=O)c2ccc4c(c2)CCC4)CC3)n1C. The highest BCUT2D eigenvalue weighted by atomic mass is 32.2. The van der Waals surface area contributed by atoms with Crippen LogP contribution in [0.15, 0.2) is 28.3 Å². The van der Waals surface area contributed by atoms with Gasteiger partial charge < -0.3 is 4.57 Å². The zero-order chi connectivity index (χ0) is 21.0. The van der Waals surface area contributed by atoms with Gasteiger partial charge in [-0.05, 0) is 48.8 Å². The standard InChI is InChI=1S/C20H24N6O2S2/c1-24-19(21-22-20(24)29-3)18-16-12-26(10-9-17(16)25(2)23-18)30(27,28)15-8-7-13-5-4-6-14(13)11-15/h7-8,11H,4-6,9-10,12H2,1-3H3. The van der Waals surface area contributed by atoms with Crippen LogP contribution in [0.3, 0.4) is 0 Å². The maximum Gasteiger partial charge on any atom is 0.243 e. The van der Waals surface area contributed by atoms with Crippen molar-refractivity contribution in [3.05, 3.63) is 40.6 Å². The van der Waals surface area contributed by atoms with Crippen LogP contribution in [0.4, 0.5) is 0 Å². The average molecular weight is 445 g/mol. The fourth-order valence-electron chi connectivity index (χ4n) is 4.51. The molecule has 10 heteroatoms. The molecule has 0 saturated heterocycles. The van der Waals surface area contributed by atoms with Gasteiger partial charge in [0.05, 0.1) is 4.90 Å². The third-order valence-electron chi connectivity index (χ3n) is 6.14. The first-order valence-corrected chi connectivity index (χ1v) is 12.7. The van der Waals surface area contributed by atoms with Crippen molar-refractivity contribution >= 4 is 21.8 Å². The number of nitrogens with zero attached hydrogens (tertiary/aromatic N) is 6. The van der Waals surface area contributed by atoms with E-state index in [0.29, 0.717) is 35.9 Å². The predicted octanol–water partition coefficient (Wildman–Crippen LogP) is 2.17. The van der Waals surface area contributed by atoms with Crippen molar-refractivity contribution in [2.75, 3.05) is 12.8 Å². The molecule has 0 spiro atoms. The van der Waals surface area contributed by atoms with Gasteiger partial charge in [-0.15, -0.1) is 10.2 Å². The second-order valence-electron chi connectivity index (χ2n) is 7.84. The van der Waals surface area contributed by atoms with E-state index in [1.807, 2.05) is 41.7 Å². The smallest absolute Gasteiger partial charge is 0.243 e. The zero-order valence-electron chi connectivity index (χ0n) is 17.3. The van der Waals surface area contributed by atoms with E-state index in [1.54, 1.807) is 10.4 Å². The fourth-order valence-corrected chi connectivity index (χ4v) is 6.45. The van der Waals surface area contributed by atoms with Gasteiger partial charge in [-0.3, -0.25) is 4.68 Å². The normalized spacial score (nSPS) is 16.6. The highest BCUT2D eigenvalue weighted by Gasteiger charge is 2.34. The molecule has 0 N–H and O–H groups in total. The minimum Gasteiger partial charge on any atom is -0.304 e. The van der Waals surface area contributed by atoms with E-state index in [1.165, 1.54) is 22.9 Å². The van der Waals surface area contributed by atoms with Gasteiger partial charge in [0.25, 0.3) is 0 Å². The monoisotopic (exact) mass is 444 g/mol. The molecule has 2 aromatic heterocycles. The maximum absolute atomic E-state index is 13.4. The topological polar surface area (TPSA) is 85.9 Å². The molecule has 8 nitrogen and oxygen atoms in total. The number of thioether (sulfide) groups is 1. The molecular formula is C20H24N6O2S2. The predicted molar refractivity (Wildman–Crippen MR) is 115 cm³/mol. The van der Waals surface area contributed by atoms with E-state index >= 15 is 0 Å². The van der Waals surface area contributed by atoms with Crippen LogP contribution in [-0.2, 0) is 49.9 Å². The maximum atomic E-state index is 13.4. The van der Waals surface area contributed by atoms with E-state index < -0.39 is 10.0 Å². The van der Waals surface area contributed by atoms with Crippen molar-refractivity contribution in [3.63, 3.8) is 0 Å². The van der Waals surface area contributed by atoms with Crippen molar-refractivity contribution in [2.24, 2.45) is 14.1 Å². The Bertz CT molecular complexity index is 1240. The van der Waals surface area contributed by atoms with Crippen LogP contribution in [0.2, 0.25) is 0 Å². The summed E-state index contributed by atoms with van der Waals surface area (Å²) >= 11 is 1.52. The summed E-state index contributed by atoms with van der Waals surface area (Å²) in [5, 5.41) is 14.0. The molecule has 1 aliphatic heterocycles. The van der Waals surface area contributed by atoms with E-state index in [9.17, 15) is 8.42 Å². The first-order valence-electron chi connectivity index (χ1n) is 10.0. The van der Waals surface area contributed by atoms with Crippen LogP contribution < -0.4 is 0 Å². The summed E-state index contributed by atoms with van der Waals surface area (Å²) in [5.41, 5.74) is 5.11. The molecule has 1 aliphatic carbocycles. The summed E-state index contributed by atoms with van der Waals surface area (Å²) in [6, 6.07) is 5.60. The third kappa shape index (κ3) is 3.00. The molecule has 3 heterocycles. The van der Waals surface area contributed by atoms with Gasteiger partial charge in [-0.1, -0.05) is 17.8 Å². The van der Waals surface area contributed by atoms with E-state index in [2.05, 4.69) is 15.3 Å². The second-order valence-corrected chi connectivity index (χ2v) is 10.6. The molecular weight excluding hydrogens is 420 g/mol. The summed E-state index contributed by atoms with van der Waals surface area (Å²) < 4.78 is 32.2. The van der Waals surface area contributed by atoms with Crippen LogP contribution in [0.5, 0.6) is 0 Å². The molecule has 2 aliphatic rings. The Labute approximate surface area is 180 Å². The Morgan fingerprint density at radius 1 is 1.07 bits per heavy atom. The van der Waals surface area contributed by atoms with Gasteiger partial charge in [0.1, 0.15) is 5.69 Å². The Kier molecular flexibility index (Phi) is 4.75. The minimum absolute atomic E-state index is 0.291. The van der Waals surface area contributed by atoms with Gasteiger partial charge in [-0.25, -0.2) is 8.42 Å². The number of hydrogen-bond donors (Lipinski definition) is 0. The van der Waals surface area contributed by atoms with Gasteiger partial charge in [-0.2, -0.15) is 9.40 Å². The van der Waals surface area contributed by atoms with Crippen molar-refractivity contribution < 1.29 is 8.42 Å². The lowest BCUT2D eigenvalue weighted by Crippen LogP contribution is -2.36. The Hall–Kier alpha value is -2.17. The molecule has 1 aromatic carbocycles. The Balaban J connectivity index is 1.52. The van der Waals surface area contributed by atoms with Gasteiger partial charge in [0.15, 0.2) is 11.0 Å². The summed E-state index contributed by atoms with van der Waals surface area (Å²) in [6.07, 6.45) is 5.67. The lowest BCUT2D eigenvalue weighted by atomic mass is 10.1. The number of sulfonamides is 1. The molecule has 0 fully saturated rings. The summed E-state index contributed by atoms with van der Waals surface area (Å²) in [4.78, 5) is 0.389. The van der Waals surface area contributed by atoms with Crippen LogP contribution in [-0.4, -0.2) is 50.1 Å².